The van der Waals surface area contributed by atoms with E-state index in [9.17, 15) is 4.79 Å². The summed E-state index contributed by atoms with van der Waals surface area (Å²) in [5.74, 6) is -0.0353. The Hall–Kier alpha value is -2.15. The number of hydrogen-bond donors (Lipinski definition) is 0. The molecule has 0 saturated carbocycles. The van der Waals surface area contributed by atoms with Crippen molar-refractivity contribution in [3.05, 3.63) is 88.4 Å². The maximum absolute atomic E-state index is 13.5. The molecule has 0 saturated heterocycles. The second-order valence-corrected chi connectivity index (χ2v) is 8.96. The highest BCUT2D eigenvalue weighted by atomic mass is 79.9. The van der Waals surface area contributed by atoms with Crippen LogP contribution in [0, 0.1) is 0 Å². The largest absolute Gasteiger partial charge is 0.279 e. The molecule has 28 heavy (non-hydrogen) atoms. The van der Waals surface area contributed by atoms with Gasteiger partial charge in [-0.05, 0) is 42.2 Å². The van der Waals surface area contributed by atoms with Gasteiger partial charge in [0.25, 0.3) is 5.91 Å². The summed E-state index contributed by atoms with van der Waals surface area (Å²) in [6.45, 7) is 0.476. The van der Waals surface area contributed by atoms with Crippen molar-refractivity contribution in [2.24, 2.45) is 0 Å². The minimum absolute atomic E-state index is 0.0353. The number of aromatic nitrogens is 1. The van der Waals surface area contributed by atoms with Crippen LogP contribution in [0.4, 0.5) is 5.13 Å². The summed E-state index contributed by atoms with van der Waals surface area (Å²) < 4.78 is 2.05. The van der Waals surface area contributed by atoms with Gasteiger partial charge in [0.15, 0.2) is 5.13 Å². The first kappa shape index (κ1) is 19.2. The van der Waals surface area contributed by atoms with E-state index in [1.54, 1.807) is 16.7 Å². The second-order valence-electron chi connectivity index (χ2n) is 6.19. The molecule has 6 heteroatoms. The number of carbonyl (C=O) groups excluding carboxylic acids is 1. The molecular weight excluding hydrogens is 452 g/mol. The highest BCUT2D eigenvalue weighted by Crippen LogP contribution is 2.33. The van der Waals surface area contributed by atoms with E-state index in [-0.39, 0.29) is 5.91 Å². The second kappa shape index (κ2) is 8.47. The summed E-state index contributed by atoms with van der Waals surface area (Å²) in [7, 11) is 0. The van der Waals surface area contributed by atoms with E-state index >= 15 is 0 Å². The molecule has 0 unspecified atom stereocenters. The molecular formula is C22H17BrN2OS2. The van der Waals surface area contributed by atoms with E-state index < -0.39 is 0 Å². The van der Waals surface area contributed by atoms with E-state index in [4.69, 9.17) is 4.98 Å². The lowest BCUT2D eigenvalue weighted by molar-refractivity contribution is 0.0982. The van der Waals surface area contributed by atoms with Crippen LogP contribution < -0.4 is 4.90 Å². The average Bonchev–Trinajstić information content (AvgIpc) is 3.15. The molecule has 0 aliphatic heterocycles. The number of fused-ring (bicyclic) bond motifs is 1. The van der Waals surface area contributed by atoms with Crippen molar-refractivity contribution < 1.29 is 4.79 Å². The molecule has 0 spiro atoms. The number of carbonyl (C=O) groups is 1. The first-order valence-corrected chi connectivity index (χ1v) is 11.5. The number of halogens is 1. The minimum Gasteiger partial charge on any atom is -0.279 e. The molecule has 0 aliphatic carbocycles. The third-order valence-corrected chi connectivity index (χ3v) is 6.67. The SMILES string of the molecule is CSc1ccccc1C(=O)N(Cc1ccccc1)c1nc2ccc(Br)cc2s1. The highest BCUT2D eigenvalue weighted by molar-refractivity contribution is 9.10. The van der Waals surface area contributed by atoms with Gasteiger partial charge in [0.05, 0.1) is 22.3 Å². The van der Waals surface area contributed by atoms with Crippen molar-refractivity contribution in [3.63, 3.8) is 0 Å². The molecule has 0 atom stereocenters. The van der Waals surface area contributed by atoms with Crippen LogP contribution in [0.5, 0.6) is 0 Å². The lowest BCUT2D eigenvalue weighted by Gasteiger charge is -2.21. The standard InChI is InChI=1S/C22H17BrN2OS2/c1-27-19-10-6-5-9-17(19)21(26)25(14-15-7-3-2-4-8-15)22-24-18-12-11-16(23)13-20(18)28-22/h2-13H,14H2,1H3. The highest BCUT2D eigenvalue weighted by Gasteiger charge is 2.23. The van der Waals surface area contributed by atoms with Crippen LogP contribution in [-0.2, 0) is 6.54 Å². The summed E-state index contributed by atoms with van der Waals surface area (Å²) >= 11 is 6.62. The Bertz CT molecular complexity index is 1130. The quantitative estimate of drug-likeness (QED) is 0.308. The topological polar surface area (TPSA) is 33.2 Å². The van der Waals surface area contributed by atoms with Gasteiger partial charge >= 0.3 is 0 Å². The Balaban J connectivity index is 1.79. The lowest BCUT2D eigenvalue weighted by atomic mass is 10.1. The molecule has 1 aromatic heterocycles. The molecule has 0 aliphatic rings. The van der Waals surface area contributed by atoms with Crippen molar-refractivity contribution >= 4 is 60.3 Å². The first-order chi connectivity index (χ1) is 13.7. The molecule has 0 radical (unpaired) electrons. The van der Waals surface area contributed by atoms with Crippen LogP contribution in [0.15, 0.2) is 82.2 Å². The van der Waals surface area contributed by atoms with E-state index in [1.807, 2.05) is 79.1 Å². The zero-order chi connectivity index (χ0) is 19.5. The smallest absolute Gasteiger partial charge is 0.261 e. The summed E-state index contributed by atoms with van der Waals surface area (Å²) in [5, 5.41) is 0.706. The van der Waals surface area contributed by atoms with Crippen LogP contribution in [0.25, 0.3) is 10.2 Å². The zero-order valence-electron chi connectivity index (χ0n) is 15.1. The Kier molecular flexibility index (Phi) is 5.80. The van der Waals surface area contributed by atoms with Gasteiger partial charge in [-0.15, -0.1) is 11.8 Å². The summed E-state index contributed by atoms with van der Waals surface area (Å²) in [5.41, 5.74) is 2.66. The van der Waals surface area contributed by atoms with Gasteiger partial charge in [-0.2, -0.15) is 0 Å². The van der Waals surface area contributed by atoms with Gasteiger partial charge in [0.1, 0.15) is 0 Å². The number of amides is 1. The third kappa shape index (κ3) is 3.99. The number of nitrogens with zero attached hydrogens (tertiary/aromatic N) is 2. The molecule has 0 N–H and O–H groups in total. The molecule has 0 bridgehead atoms. The molecule has 4 aromatic rings. The predicted molar refractivity (Wildman–Crippen MR) is 122 cm³/mol. The maximum Gasteiger partial charge on any atom is 0.261 e. The van der Waals surface area contributed by atoms with E-state index in [2.05, 4.69) is 15.9 Å². The Morgan fingerprint density at radius 2 is 1.82 bits per heavy atom. The monoisotopic (exact) mass is 468 g/mol. The Morgan fingerprint density at radius 1 is 1.07 bits per heavy atom. The summed E-state index contributed by atoms with van der Waals surface area (Å²) in [6, 6.07) is 23.7. The Labute approximate surface area is 180 Å². The molecule has 0 fully saturated rings. The van der Waals surface area contributed by atoms with Crippen molar-refractivity contribution in [2.75, 3.05) is 11.2 Å². The van der Waals surface area contributed by atoms with Gasteiger partial charge in [-0.25, -0.2) is 4.98 Å². The van der Waals surface area contributed by atoms with Gasteiger partial charge < -0.3 is 0 Å². The summed E-state index contributed by atoms with van der Waals surface area (Å²) in [6.07, 6.45) is 1.99. The molecule has 3 nitrogen and oxygen atoms in total. The normalized spacial score (nSPS) is 10.9. The van der Waals surface area contributed by atoms with Crippen LogP contribution in [0.1, 0.15) is 15.9 Å². The fraction of sp³-hybridized carbons (Fsp3) is 0.0909. The van der Waals surface area contributed by atoms with Crippen LogP contribution in [0.3, 0.4) is 0 Å². The number of rotatable bonds is 5. The van der Waals surface area contributed by atoms with E-state index in [0.717, 1.165) is 25.1 Å². The van der Waals surface area contributed by atoms with Gasteiger partial charge in [-0.3, -0.25) is 9.69 Å². The maximum atomic E-state index is 13.5. The predicted octanol–water partition coefficient (Wildman–Crippen LogP) is 6.63. The minimum atomic E-state index is -0.0353. The number of thiazole rings is 1. The van der Waals surface area contributed by atoms with Crippen molar-refractivity contribution in [1.29, 1.82) is 0 Å². The van der Waals surface area contributed by atoms with Crippen LogP contribution >= 0.6 is 39.0 Å². The van der Waals surface area contributed by atoms with Gasteiger partial charge in [0.2, 0.25) is 0 Å². The van der Waals surface area contributed by atoms with Crippen molar-refractivity contribution in [3.8, 4) is 0 Å². The lowest BCUT2D eigenvalue weighted by Crippen LogP contribution is -2.30. The molecule has 1 amide bonds. The Morgan fingerprint density at radius 3 is 2.61 bits per heavy atom. The van der Waals surface area contributed by atoms with Gasteiger partial charge in [-0.1, -0.05) is 69.7 Å². The fourth-order valence-corrected chi connectivity index (χ4v) is 5.07. The first-order valence-electron chi connectivity index (χ1n) is 8.70. The van der Waals surface area contributed by atoms with Crippen molar-refractivity contribution in [2.45, 2.75) is 11.4 Å². The van der Waals surface area contributed by atoms with E-state index in [1.165, 1.54) is 11.3 Å². The van der Waals surface area contributed by atoms with Crippen LogP contribution in [0.2, 0.25) is 0 Å². The van der Waals surface area contributed by atoms with Crippen LogP contribution in [-0.4, -0.2) is 17.1 Å². The zero-order valence-corrected chi connectivity index (χ0v) is 18.4. The number of anilines is 1. The molecule has 140 valence electrons. The molecule has 4 rings (SSSR count). The number of hydrogen-bond acceptors (Lipinski definition) is 4. The summed E-state index contributed by atoms with van der Waals surface area (Å²) in [4.78, 5) is 21.0. The number of benzene rings is 3. The molecule has 1 heterocycles. The number of thioether (sulfide) groups is 1. The van der Waals surface area contributed by atoms with Crippen molar-refractivity contribution in [1.82, 2.24) is 4.98 Å². The molecule has 3 aromatic carbocycles. The third-order valence-electron chi connectivity index (χ3n) is 4.34. The van der Waals surface area contributed by atoms with E-state index in [0.29, 0.717) is 17.2 Å². The van der Waals surface area contributed by atoms with Gasteiger partial charge in [0, 0.05) is 9.37 Å². The fourth-order valence-electron chi connectivity index (χ4n) is 2.96. The average molecular weight is 469 g/mol.